The number of amides is 1. The summed E-state index contributed by atoms with van der Waals surface area (Å²) in [5.41, 5.74) is -0.241. The normalized spacial score (nSPS) is 25.4. The maximum absolute atomic E-state index is 11.1. The molecule has 3 nitrogen and oxygen atoms in total. The van der Waals surface area contributed by atoms with Gasteiger partial charge in [0.1, 0.15) is 5.37 Å². The Morgan fingerprint density at radius 3 is 2.33 bits per heavy atom. The summed E-state index contributed by atoms with van der Waals surface area (Å²) in [7, 11) is 0. The molecule has 2 atom stereocenters. The number of nitrogens with one attached hydrogen (secondary N) is 1. The van der Waals surface area contributed by atoms with Crippen molar-refractivity contribution in [3.8, 4) is 0 Å². The lowest BCUT2D eigenvalue weighted by atomic mass is 10.2. The zero-order valence-electron chi connectivity index (χ0n) is 7.41. The fraction of sp³-hybridized carbons (Fsp3) is 0.222. The fourth-order valence-electron chi connectivity index (χ4n) is 1.31. The van der Waals surface area contributed by atoms with Crippen LogP contribution in [0.25, 0.3) is 0 Å². The first-order valence-electron chi connectivity index (χ1n) is 4.16. The van der Waals surface area contributed by atoms with Crippen molar-refractivity contribution in [1.29, 1.82) is 0 Å². The molecule has 1 aromatic rings. The van der Waals surface area contributed by atoms with Gasteiger partial charge in [0, 0.05) is 10.0 Å². The summed E-state index contributed by atoms with van der Waals surface area (Å²) in [6.45, 7) is 0. The van der Waals surface area contributed by atoms with Crippen molar-refractivity contribution < 1.29 is 9.90 Å². The highest BCUT2D eigenvalue weighted by atomic mass is 35.5. The van der Waals surface area contributed by atoms with Gasteiger partial charge in [-0.3, -0.25) is 4.79 Å². The van der Waals surface area contributed by atoms with Gasteiger partial charge in [-0.25, -0.2) is 0 Å². The maximum Gasteiger partial charge on any atom is 0.260 e. The predicted molar refractivity (Wildman–Crippen MR) is 60.9 cm³/mol. The Bertz CT molecular complexity index is 393. The molecule has 80 valence electrons. The van der Waals surface area contributed by atoms with Crippen LogP contribution in [0.2, 0.25) is 10.0 Å². The molecule has 6 heteroatoms. The van der Waals surface area contributed by atoms with Crippen molar-refractivity contribution in [3.63, 3.8) is 0 Å². The molecule has 1 amide bonds. The molecule has 0 radical (unpaired) electrons. The minimum Gasteiger partial charge on any atom is -0.373 e. The molecular weight excluding hydrogens is 257 g/mol. The molecule has 15 heavy (non-hydrogen) atoms. The molecule has 0 aliphatic carbocycles. The van der Waals surface area contributed by atoms with Crippen molar-refractivity contribution in [2.24, 2.45) is 0 Å². The third-order valence-electron chi connectivity index (χ3n) is 1.95. The van der Waals surface area contributed by atoms with Crippen LogP contribution in [0, 0.1) is 0 Å². The maximum atomic E-state index is 11.1. The number of thioether (sulfide) groups is 1. The lowest BCUT2D eigenvalue weighted by molar-refractivity contribution is -0.124. The van der Waals surface area contributed by atoms with Crippen molar-refractivity contribution in [1.82, 2.24) is 5.32 Å². The van der Waals surface area contributed by atoms with Crippen LogP contribution in [-0.2, 0) is 4.79 Å². The molecular formula is C9H7Cl2NO2S. The van der Waals surface area contributed by atoms with Gasteiger partial charge < -0.3 is 10.4 Å². The lowest BCUT2D eigenvalue weighted by Crippen LogP contribution is -2.23. The van der Waals surface area contributed by atoms with Gasteiger partial charge in [0.05, 0.1) is 0 Å². The highest BCUT2D eigenvalue weighted by molar-refractivity contribution is 8.01. The van der Waals surface area contributed by atoms with Gasteiger partial charge in [0.25, 0.3) is 5.91 Å². The minimum atomic E-state index is -1.02. The second-order valence-corrected chi connectivity index (χ2v) is 5.14. The van der Waals surface area contributed by atoms with E-state index in [0.29, 0.717) is 10.0 Å². The molecule has 2 N–H and O–H groups in total. The monoisotopic (exact) mass is 263 g/mol. The summed E-state index contributed by atoms with van der Waals surface area (Å²) in [6, 6.07) is 5.04. The van der Waals surface area contributed by atoms with Crippen LogP contribution in [-0.4, -0.2) is 16.4 Å². The first-order chi connectivity index (χ1) is 7.06. The number of aliphatic hydroxyl groups excluding tert-OH is 1. The van der Waals surface area contributed by atoms with E-state index in [2.05, 4.69) is 5.32 Å². The number of carbonyl (C=O) groups excluding carboxylic acids is 1. The van der Waals surface area contributed by atoms with Crippen LogP contribution in [0.5, 0.6) is 0 Å². The summed E-state index contributed by atoms with van der Waals surface area (Å²) in [4.78, 5) is 11.1. The second kappa shape index (κ2) is 4.22. The standard InChI is InChI=1S/C9H7Cl2NO2S/c10-5-1-4(2-6(11)3-5)8-12-7(13)9(14)15-8/h1-3,8-9,14H,(H,12,13). The average Bonchev–Trinajstić information content (AvgIpc) is 2.45. The molecule has 1 aliphatic heterocycles. The Kier molecular flexibility index (Phi) is 3.11. The highest BCUT2D eigenvalue weighted by Crippen LogP contribution is 2.36. The van der Waals surface area contributed by atoms with Crippen LogP contribution >= 0.6 is 35.0 Å². The Morgan fingerprint density at radius 1 is 1.27 bits per heavy atom. The van der Waals surface area contributed by atoms with Gasteiger partial charge in [-0.15, -0.1) is 0 Å². The van der Waals surface area contributed by atoms with Gasteiger partial charge in [-0.1, -0.05) is 35.0 Å². The number of benzene rings is 1. The Labute approximate surface area is 101 Å². The van der Waals surface area contributed by atoms with Gasteiger partial charge in [0.2, 0.25) is 0 Å². The van der Waals surface area contributed by atoms with Crippen molar-refractivity contribution in [3.05, 3.63) is 33.8 Å². The van der Waals surface area contributed by atoms with Crippen molar-refractivity contribution in [2.45, 2.75) is 10.8 Å². The summed E-state index contributed by atoms with van der Waals surface area (Å²) in [6.07, 6.45) is 0. The Hall–Kier alpha value is -0.420. The van der Waals surface area contributed by atoms with Gasteiger partial charge >= 0.3 is 0 Å². The quantitative estimate of drug-likeness (QED) is 0.817. The molecule has 2 unspecified atom stereocenters. The Balaban J connectivity index is 2.27. The fourth-order valence-corrected chi connectivity index (χ4v) is 2.78. The average molecular weight is 264 g/mol. The van der Waals surface area contributed by atoms with E-state index in [9.17, 15) is 9.90 Å². The third kappa shape index (κ3) is 2.39. The molecule has 1 heterocycles. The van der Waals surface area contributed by atoms with Gasteiger partial charge in [-0.05, 0) is 23.8 Å². The largest absolute Gasteiger partial charge is 0.373 e. The molecule has 0 saturated carbocycles. The van der Waals surface area contributed by atoms with Crippen LogP contribution in [0.15, 0.2) is 18.2 Å². The molecule has 0 aromatic heterocycles. The first-order valence-corrected chi connectivity index (χ1v) is 5.86. The van der Waals surface area contributed by atoms with Crippen LogP contribution in [0.4, 0.5) is 0 Å². The molecule has 1 aromatic carbocycles. The first kappa shape index (κ1) is 11.1. The van der Waals surface area contributed by atoms with Crippen molar-refractivity contribution >= 4 is 40.9 Å². The van der Waals surface area contributed by atoms with E-state index >= 15 is 0 Å². The number of aliphatic hydroxyl groups is 1. The topological polar surface area (TPSA) is 49.3 Å². The zero-order valence-corrected chi connectivity index (χ0v) is 9.73. The molecule has 1 saturated heterocycles. The van der Waals surface area contributed by atoms with Crippen LogP contribution in [0.1, 0.15) is 10.9 Å². The summed E-state index contributed by atoms with van der Waals surface area (Å²) in [5.74, 6) is -0.388. The van der Waals surface area contributed by atoms with E-state index < -0.39 is 5.44 Å². The molecule has 1 fully saturated rings. The van der Waals surface area contributed by atoms with Gasteiger partial charge in [-0.2, -0.15) is 0 Å². The predicted octanol–water partition coefficient (Wildman–Crippen LogP) is 2.17. The highest BCUT2D eigenvalue weighted by Gasteiger charge is 2.31. The summed E-state index contributed by atoms with van der Waals surface area (Å²) in [5, 5.41) is 12.6. The van der Waals surface area contributed by atoms with E-state index in [0.717, 1.165) is 17.3 Å². The zero-order chi connectivity index (χ0) is 11.0. The molecule has 1 aliphatic rings. The number of hydrogen-bond acceptors (Lipinski definition) is 3. The number of rotatable bonds is 1. The van der Waals surface area contributed by atoms with E-state index in [4.69, 9.17) is 23.2 Å². The SMILES string of the molecule is O=C1NC(c2cc(Cl)cc(Cl)c2)SC1O. The van der Waals surface area contributed by atoms with Crippen LogP contribution < -0.4 is 5.32 Å². The van der Waals surface area contributed by atoms with E-state index in [1.807, 2.05) is 0 Å². The number of carbonyl (C=O) groups is 1. The number of halogens is 2. The molecule has 0 bridgehead atoms. The minimum absolute atomic E-state index is 0.288. The summed E-state index contributed by atoms with van der Waals surface area (Å²) < 4.78 is 0. The molecule has 0 spiro atoms. The van der Waals surface area contributed by atoms with E-state index in [1.54, 1.807) is 18.2 Å². The van der Waals surface area contributed by atoms with E-state index in [-0.39, 0.29) is 11.3 Å². The summed E-state index contributed by atoms with van der Waals surface area (Å²) >= 11 is 12.8. The second-order valence-electron chi connectivity index (χ2n) is 3.08. The number of hydrogen-bond donors (Lipinski definition) is 2. The van der Waals surface area contributed by atoms with Gasteiger partial charge in [0.15, 0.2) is 5.44 Å². The van der Waals surface area contributed by atoms with Crippen LogP contribution in [0.3, 0.4) is 0 Å². The molecule has 2 rings (SSSR count). The van der Waals surface area contributed by atoms with Crippen molar-refractivity contribution in [2.75, 3.05) is 0 Å². The smallest absolute Gasteiger partial charge is 0.260 e. The third-order valence-corrected chi connectivity index (χ3v) is 3.52. The lowest BCUT2D eigenvalue weighted by Gasteiger charge is -2.09. The van der Waals surface area contributed by atoms with E-state index in [1.165, 1.54) is 0 Å². The Morgan fingerprint density at radius 2 is 1.87 bits per heavy atom.